The predicted octanol–water partition coefficient (Wildman–Crippen LogP) is 0.629. The lowest BCUT2D eigenvalue weighted by molar-refractivity contribution is -0.139. The minimum atomic E-state index is -0.0639. The van der Waals surface area contributed by atoms with Crippen molar-refractivity contribution in [2.75, 3.05) is 46.9 Å². The van der Waals surface area contributed by atoms with Crippen LogP contribution in [-0.4, -0.2) is 86.4 Å². The van der Waals surface area contributed by atoms with E-state index in [1.54, 1.807) is 19.0 Å². The van der Waals surface area contributed by atoms with Gasteiger partial charge in [0.15, 0.2) is 0 Å². The minimum Gasteiger partial charge on any atom is -0.364 e. The Hall–Kier alpha value is -0.440. The molecule has 162 valence electrons. The van der Waals surface area contributed by atoms with E-state index in [0.717, 1.165) is 39.0 Å². The number of likely N-dealkylation sites (tertiary alicyclic amines) is 1. The van der Waals surface area contributed by atoms with Crippen LogP contribution in [0.25, 0.3) is 0 Å². The molecule has 28 heavy (non-hydrogen) atoms. The summed E-state index contributed by atoms with van der Waals surface area (Å²) in [5.41, 5.74) is 5.91. The second kappa shape index (κ2) is 10.0. The lowest BCUT2D eigenvalue weighted by Crippen LogP contribution is -2.69. The number of alkyl halides is 1. The van der Waals surface area contributed by atoms with E-state index in [2.05, 4.69) is 22.5 Å². The molecule has 7 nitrogen and oxygen atoms in total. The number of likely N-dealkylation sites (N-methyl/N-ethyl adjacent to an activating group) is 1. The molecule has 8 heteroatoms. The maximum absolute atomic E-state index is 12.0. The number of hydrogen-bond acceptors (Lipinski definition) is 6. The van der Waals surface area contributed by atoms with E-state index in [1.165, 1.54) is 12.8 Å². The minimum absolute atomic E-state index is 0.00613. The maximum Gasteiger partial charge on any atom is 0.248 e. The molecule has 0 bridgehead atoms. The highest BCUT2D eigenvalue weighted by atomic mass is 35.5. The molecule has 3 aliphatic rings. The van der Waals surface area contributed by atoms with Gasteiger partial charge in [0.25, 0.3) is 0 Å². The number of hydrogen-bond donors (Lipinski definition) is 3. The van der Waals surface area contributed by atoms with Gasteiger partial charge in [-0.1, -0.05) is 6.92 Å². The van der Waals surface area contributed by atoms with Crippen LogP contribution in [0, 0.1) is 17.8 Å². The van der Waals surface area contributed by atoms with Crippen molar-refractivity contribution in [3.8, 4) is 0 Å². The van der Waals surface area contributed by atoms with Crippen LogP contribution in [0.15, 0.2) is 0 Å². The number of carbonyl (C=O) groups excluding carboxylic acids is 1. The fraction of sp³-hybridized carbons (Fsp3) is 0.950. The Morgan fingerprint density at radius 2 is 2.11 bits per heavy atom. The molecular formula is C20H38ClN5O2. The third-order valence-corrected chi connectivity index (χ3v) is 7.42. The summed E-state index contributed by atoms with van der Waals surface area (Å²) in [7, 11) is 3.52. The number of ether oxygens (including phenoxy) is 1. The molecule has 1 aliphatic carbocycles. The predicted molar refractivity (Wildman–Crippen MR) is 112 cm³/mol. The van der Waals surface area contributed by atoms with Crippen LogP contribution in [0.5, 0.6) is 0 Å². The fourth-order valence-electron chi connectivity index (χ4n) is 4.71. The average molecular weight is 416 g/mol. The van der Waals surface area contributed by atoms with Gasteiger partial charge in [0.05, 0.1) is 18.4 Å². The Labute approximate surface area is 174 Å². The standard InChI is InChI=1S/C20H38ClN5O2/c1-13-4-5-15(8-16(13)21)19-23-10-17(28-12-18(27)25(2)3)20(24-19)26-7-6-14(9-22)11-26/h13-17,19-20,23-24H,4-12,22H2,1-3H3. The van der Waals surface area contributed by atoms with Crippen molar-refractivity contribution in [3.05, 3.63) is 0 Å². The van der Waals surface area contributed by atoms with Gasteiger partial charge in [0, 0.05) is 39.1 Å². The summed E-state index contributed by atoms with van der Waals surface area (Å²) in [5, 5.41) is 7.70. The van der Waals surface area contributed by atoms with Gasteiger partial charge in [0.1, 0.15) is 6.61 Å². The van der Waals surface area contributed by atoms with Gasteiger partial charge in [-0.3, -0.25) is 20.3 Å². The third kappa shape index (κ3) is 5.37. The zero-order valence-corrected chi connectivity index (χ0v) is 18.3. The molecule has 0 spiro atoms. The Morgan fingerprint density at radius 1 is 1.32 bits per heavy atom. The molecule has 2 saturated heterocycles. The first kappa shape index (κ1) is 22.2. The van der Waals surface area contributed by atoms with Crippen LogP contribution in [0.2, 0.25) is 0 Å². The van der Waals surface area contributed by atoms with Gasteiger partial charge in [-0.2, -0.15) is 0 Å². The summed E-state index contributed by atoms with van der Waals surface area (Å²) >= 11 is 6.58. The van der Waals surface area contributed by atoms with E-state index in [4.69, 9.17) is 22.1 Å². The second-order valence-corrected chi connectivity index (χ2v) is 9.65. The molecule has 7 unspecified atom stereocenters. The zero-order chi connectivity index (χ0) is 20.3. The van der Waals surface area contributed by atoms with Gasteiger partial charge < -0.3 is 15.4 Å². The SMILES string of the molecule is CC1CCC(C2NCC(OCC(=O)N(C)C)C(N3CCC(CN)C3)N2)CC1Cl. The molecule has 3 fully saturated rings. The van der Waals surface area contributed by atoms with E-state index in [0.29, 0.717) is 17.8 Å². The Kier molecular flexibility index (Phi) is 7.98. The molecule has 0 aromatic heterocycles. The van der Waals surface area contributed by atoms with Crippen LogP contribution in [0.1, 0.15) is 32.6 Å². The van der Waals surface area contributed by atoms with Crippen LogP contribution in [-0.2, 0) is 9.53 Å². The Balaban J connectivity index is 1.64. The molecule has 1 saturated carbocycles. The topological polar surface area (TPSA) is 82.9 Å². The quantitative estimate of drug-likeness (QED) is 0.552. The van der Waals surface area contributed by atoms with Crippen molar-refractivity contribution in [2.24, 2.45) is 23.5 Å². The van der Waals surface area contributed by atoms with E-state index in [9.17, 15) is 4.79 Å². The van der Waals surface area contributed by atoms with E-state index in [-0.39, 0.29) is 36.3 Å². The molecule has 3 rings (SSSR count). The molecule has 0 radical (unpaired) electrons. The fourth-order valence-corrected chi connectivity index (χ4v) is 5.07. The van der Waals surface area contributed by atoms with Gasteiger partial charge >= 0.3 is 0 Å². The largest absolute Gasteiger partial charge is 0.364 e. The lowest BCUT2D eigenvalue weighted by atomic mass is 9.80. The summed E-state index contributed by atoms with van der Waals surface area (Å²) in [6, 6.07) is 0. The summed E-state index contributed by atoms with van der Waals surface area (Å²) < 4.78 is 6.06. The number of nitrogens with zero attached hydrogens (tertiary/aromatic N) is 2. The first-order chi connectivity index (χ1) is 13.4. The maximum atomic E-state index is 12.0. The first-order valence-electron chi connectivity index (χ1n) is 10.8. The summed E-state index contributed by atoms with van der Waals surface area (Å²) in [6.45, 7) is 5.84. The number of halogens is 1. The zero-order valence-electron chi connectivity index (χ0n) is 17.6. The van der Waals surface area contributed by atoms with Gasteiger partial charge in [-0.15, -0.1) is 11.6 Å². The smallest absolute Gasteiger partial charge is 0.248 e. The van der Waals surface area contributed by atoms with Crippen molar-refractivity contribution in [3.63, 3.8) is 0 Å². The number of carbonyl (C=O) groups is 1. The molecule has 2 heterocycles. The summed E-state index contributed by atoms with van der Waals surface area (Å²) in [5.74, 6) is 1.66. The van der Waals surface area contributed by atoms with Crippen LogP contribution in [0.3, 0.4) is 0 Å². The van der Waals surface area contributed by atoms with Crippen LogP contribution >= 0.6 is 11.6 Å². The average Bonchev–Trinajstić information content (AvgIpc) is 3.17. The highest BCUT2D eigenvalue weighted by Gasteiger charge is 2.41. The van der Waals surface area contributed by atoms with Crippen LogP contribution < -0.4 is 16.4 Å². The highest BCUT2D eigenvalue weighted by molar-refractivity contribution is 6.20. The molecular weight excluding hydrogens is 378 g/mol. The van der Waals surface area contributed by atoms with Crippen molar-refractivity contribution >= 4 is 17.5 Å². The van der Waals surface area contributed by atoms with Crippen molar-refractivity contribution in [2.45, 2.75) is 56.4 Å². The number of nitrogens with one attached hydrogen (secondary N) is 2. The molecule has 7 atom stereocenters. The second-order valence-electron chi connectivity index (χ2n) is 9.09. The molecule has 0 aromatic carbocycles. The van der Waals surface area contributed by atoms with E-state index < -0.39 is 0 Å². The molecule has 1 amide bonds. The summed E-state index contributed by atoms with van der Waals surface area (Å²) in [4.78, 5) is 16.0. The van der Waals surface area contributed by atoms with E-state index in [1.807, 2.05) is 0 Å². The molecule has 0 aromatic rings. The van der Waals surface area contributed by atoms with Gasteiger partial charge in [0.2, 0.25) is 5.91 Å². The monoisotopic (exact) mass is 415 g/mol. The Morgan fingerprint density at radius 3 is 2.75 bits per heavy atom. The lowest BCUT2D eigenvalue weighted by Gasteiger charge is -2.46. The number of amides is 1. The van der Waals surface area contributed by atoms with Crippen molar-refractivity contribution < 1.29 is 9.53 Å². The molecule has 4 N–H and O–H groups in total. The first-order valence-corrected chi connectivity index (χ1v) is 11.2. The number of rotatable bonds is 6. The van der Waals surface area contributed by atoms with E-state index >= 15 is 0 Å². The Bertz CT molecular complexity index is 523. The normalized spacial score (nSPS) is 39.8. The van der Waals surface area contributed by atoms with Crippen molar-refractivity contribution in [1.29, 1.82) is 0 Å². The van der Waals surface area contributed by atoms with Gasteiger partial charge in [-0.25, -0.2) is 0 Å². The third-order valence-electron chi connectivity index (χ3n) is 6.81. The highest BCUT2D eigenvalue weighted by Crippen LogP contribution is 2.34. The van der Waals surface area contributed by atoms with Crippen LogP contribution in [0.4, 0.5) is 0 Å². The van der Waals surface area contributed by atoms with Crippen molar-refractivity contribution in [1.82, 2.24) is 20.4 Å². The number of nitrogens with two attached hydrogens (primary N) is 1. The van der Waals surface area contributed by atoms with Gasteiger partial charge in [-0.05, 0) is 50.0 Å². The molecule has 2 aliphatic heterocycles. The summed E-state index contributed by atoms with van der Waals surface area (Å²) in [6.07, 6.45) is 4.81.